The molecule has 0 bridgehead atoms. The van der Waals surface area contributed by atoms with E-state index in [-0.39, 0.29) is 10.8 Å². The van der Waals surface area contributed by atoms with Crippen molar-refractivity contribution in [3.05, 3.63) is 224 Å². The lowest BCUT2D eigenvalue weighted by atomic mass is 9.87. The van der Waals surface area contributed by atoms with Crippen LogP contribution in [0, 0.1) is 11.7 Å². The molecule has 0 aliphatic rings. The van der Waals surface area contributed by atoms with Crippen LogP contribution in [-0.2, 0) is 11.8 Å². The van der Waals surface area contributed by atoms with Gasteiger partial charge in [-0.3, -0.25) is 13.7 Å². The average molecular weight is 883 g/mol. The van der Waals surface area contributed by atoms with E-state index in [4.69, 9.17) is 9.72 Å². The van der Waals surface area contributed by atoms with Crippen LogP contribution in [-0.4, -0.2) is 14.1 Å². The Morgan fingerprint density at radius 3 is 1.88 bits per heavy atom. The summed E-state index contributed by atoms with van der Waals surface area (Å²) in [7, 11) is 0. The maximum Gasteiger partial charge on any atom is 0.269 e. The van der Waals surface area contributed by atoms with E-state index in [2.05, 4.69) is 256 Å². The quantitative estimate of drug-likeness (QED) is 0.107. The van der Waals surface area contributed by atoms with Gasteiger partial charge in [0.05, 0.1) is 33.4 Å². The molecule has 0 atom stereocenters. The summed E-state index contributed by atoms with van der Waals surface area (Å²) in [5, 5.41) is 2.30. The standard InChI is InChI=1S/C63H54N4O/c1-62(2,3)41-43-27-29-44(30-28-43)47-31-34-56-55(37-47)54-33-32-51(40-59(54)67(56)60-38-48(35-36-64-60)63(4,5)6)68-50-22-15-21-49(39-50)65-42-66(58-26-14-13-25-57(58)65)61-52(45-17-9-7-10-18-45)23-16-24-53(61)46-19-11-8-12-20-46/h7-40H,41H2,1-6H3. The second-order valence-electron chi connectivity index (χ2n) is 20.1. The monoisotopic (exact) mass is 882 g/mol. The van der Waals surface area contributed by atoms with E-state index in [9.17, 15) is 0 Å². The van der Waals surface area contributed by atoms with Crippen molar-refractivity contribution < 1.29 is 9.30 Å². The van der Waals surface area contributed by atoms with Crippen molar-refractivity contribution in [2.45, 2.75) is 53.4 Å². The summed E-state index contributed by atoms with van der Waals surface area (Å²) in [6.07, 6.45) is 6.78. The second-order valence-corrected chi connectivity index (χ2v) is 20.1. The van der Waals surface area contributed by atoms with E-state index in [1.165, 1.54) is 27.6 Å². The van der Waals surface area contributed by atoms with Crippen LogP contribution >= 0.6 is 0 Å². The van der Waals surface area contributed by atoms with Gasteiger partial charge in [0.1, 0.15) is 17.3 Å². The molecule has 8 aromatic carbocycles. The molecular formula is C63H54N4O. The molecule has 11 rings (SSSR count). The van der Waals surface area contributed by atoms with Gasteiger partial charge in [-0.1, -0.05) is 181 Å². The Morgan fingerprint density at radius 2 is 1.18 bits per heavy atom. The first-order valence-electron chi connectivity index (χ1n) is 23.6. The summed E-state index contributed by atoms with van der Waals surface area (Å²) in [5.74, 6) is 2.34. The van der Waals surface area contributed by atoms with E-state index >= 15 is 0 Å². The number of fused-ring (bicyclic) bond motifs is 4. The Bertz CT molecular complexity index is 3570. The minimum Gasteiger partial charge on any atom is -0.458 e. The molecule has 0 saturated heterocycles. The third-order valence-corrected chi connectivity index (χ3v) is 12.9. The molecule has 0 saturated carbocycles. The SMILES string of the molecule is CC(C)(C)Cc1ccc(-c2ccc3c(c2)c2ccc(Oc4cccc(-n5[c-][n+](-c6c(-c7ccccc7)cccc6-c6ccccc6)c6ccccc65)c4)cc2n3-c2cc(C(C)(C)C)ccn2)cc1. The molecule has 3 heterocycles. The predicted molar refractivity (Wildman–Crippen MR) is 280 cm³/mol. The minimum atomic E-state index is -0.0424. The van der Waals surface area contributed by atoms with Crippen LogP contribution in [0.5, 0.6) is 11.5 Å². The zero-order chi connectivity index (χ0) is 46.6. The van der Waals surface area contributed by atoms with Gasteiger partial charge in [-0.25, -0.2) is 4.98 Å². The predicted octanol–water partition coefficient (Wildman–Crippen LogP) is 15.9. The summed E-state index contributed by atoms with van der Waals surface area (Å²) in [4.78, 5) is 4.98. The Hall–Kier alpha value is -8.02. The molecule has 0 aliphatic heterocycles. The first-order chi connectivity index (χ1) is 32.9. The van der Waals surface area contributed by atoms with Crippen LogP contribution in [0.1, 0.15) is 52.7 Å². The number of rotatable bonds is 9. The van der Waals surface area contributed by atoms with Crippen molar-refractivity contribution in [2.75, 3.05) is 0 Å². The summed E-state index contributed by atoms with van der Waals surface area (Å²) in [6, 6.07) is 71.3. The van der Waals surface area contributed by atoms with Gasteiger partial charge in [-0.2, -0.15) is 0 Å². The van der Waals surface area contributed by atoms with Crippen LogP contribution in [0.4, 0.5) is 0 Å². The molecule has 0 amide bonds. The molecule has 0 aliphatic carbocycles. The van der Waals surface area contributed by atoms with Crippen molar-refractivity contribution in [3.8, 4) is 62.1 Å². The Balaban J connectivity index is 1.01. The highest BCUT2D eigenvalue weighted by atomic mass is 16.5. The molecule has 0 N–H and O–H groups in total. The van der Waals surface area contributed by atoms with Crippen LogP contribution in [0.25, 0.3) is 83.4 Å². The largest absolute Gasteiger partial charge is 0.458 e. The first kappa shape index (κ1) is 42.6. The summed E-state index contributed by atoms with van der Waals surface area (Å²) in [6.45, 7) is 13.6. The van der Waals surface area contributed by atoms with Crippen molar-refractivity contribution in [1.29, 1.82) is 0 Å². The molecule has 0 radical (unpaired) electrons. The maximum absolute atomic E-state index is 6.84. The number of ether oxygens (including phenoxy) is 1. The highest BCUT2D eigenvalue weighted by Crippen LogP contribution is 2.39. The van der Waals surface area contributed by atoms with Crippen LogP contribution < -0.4 is 9.30 Å². The maximum atomic E-state index is 6.84. The van der Waals surface area contributed by atoms with Gasteiger partial charge in [-0.15, -0.1) is 0 Å². The molecule has 3 aromatic heterocycles. The van der Waals surface area contributed by atoms with Crippen molar-refractivity contribution >= 4 is 32.8 Å². The van der Waals surface area contributed by atoms with E-state index in [1.54, 1.807) is 0 Å². The van der Waals surface area contributed by atoms with E-state index in [1.807, 2.05) is 12.3 Å². The van der Waals surface area contributed by atoms with E-state index in [0.717, 1.165) is 84.8 Å². The Morgan fingerprint density at radius 1 is 0.515 bits per heavy atom. The van der Waals surface area contributed by atoms with Gasteiger partial charge in [0, 0.05) is 23.0 Å². The summed E-state index contributed by atoms with van der Waals surface area (Å²) in [5.41, 5.74) is 15.9. The highest BCUT2D eigenvalue weighted by Gasteiger charge is 2.22. The molecule has 0 unspecified atom stereocenters. The lowest BCUT2D eigenvalue weighted by Gasteiger charge is -2.20. The minimum absolute atomic E-state index is 0.0424. The third kappa shape index (κ3) is 8.15. The summed E-state index contributed by atoms with van der Waals surface area (Å²) < 4.78 is 13.5. The van der Waals surface area contributed by atoms with Gasteiger partial charge in [0.25, 0.3) is 6.33 Å². The van der Waals surface area contributed by atoms with Crippen molar-refractivity contribution in [2.24, 2.45) is 5.41 Å². The smallest absolute Gasteiger partial charge is 0.269 e. The topological polar surface area (TPSA) is 35.9 Å². The highest BCUT2D eigenvalue weighted by molar-refractivity contribution is 6.10. The van der Waals surface area contributed by atoms with Crippen LogP contribution in [0.3, 0.4) is 0 Å². The van der Waals surface area contributed by atoms with Gasteiger partial charge >= 0.3 is 0 Å². The normalized spacial score (nSPS) is 12.0. The first-order valence-corrected chi connectivity index (χ1v) is 23.6. The third-order valence-electron chi connectivity index (χ3n) is 12.9. The fourth-order valence-electron chi connectivity index (χ4n) is 9.65. The molecule has 0 spiro atoms. The fourth-order valence-corrected chi connectivity index (χ4v) is 9.65. The number of para-hydroxylation sites is 3. The van der Waals surface area contributed by atoms with Crippen molar-refractivity contribution in [1.82, 2.24) is 14.1 Å². The zero-order valence-corrected chi connectivity index (χ0v) is 39.5. The van der Waals surface area contributed by atoms with Gasteiger partial charge in [0.15, 0.2) is 0 Å². The number of aromatic nitrogens is 4. The van der Waals surface area contributed by atoms with Crippen molar-refractivity contribution in [3.63, 3.8) is 0 Å². The molecule has 5 heteroatoms. The Kier molecular flexibility index (Phi) is 10.7. The number of imidazole rings is 1. The van der Waals surface area contributed by atoms with E-state index < -0.39 is 0 Å². The zero-order valence-electron chi connectivity index (χ0n) is 39.5. The number of hydrogen-bond donors (Lipinski definition) is 0. The molecule has 0 fully saturated rings. The van der Waals surface area contributed by atoms with Gasteiger partial charge < -0.3 is 4.74 Å². The molecular weight excluding hydrogens is 829 g/mol. The Labute approximate surface area is 399 Å². The molecule has 332 valence electrons. The molecule has 68 heavy (non-hydrogen) atoms. The number of hydrogen-bond acceptors (Lipinski definition) is 2. The lowest BCUT2D eigenvalue weighted by molar-refractivity contribution is -0.571. The van der Waals surface area contributed by atoms with Gasteiger partial charge in [-0.05, 0) is 116 Å². The van der Waals surface area contributed by atoms with Gasteiger partial charge in [0.2, 0.25) is 0 Å². The van der Waals surface area contributed by atoms with Crippen LogP contribution in [0.2, 0.25) is 0 Å². The molecule has 11 aromatic rings. The number of benzene rings is 8. The van der Waals surface area contributed by atoms with Crippen LogP contribution in [0.15, 0.2) is 206 Å². The number of nitrogens with zero attached hydrogens (tertiary/aromatic N) is 4. The summed E-state index contributed by atoms with van der Waals surface area (Å²) >= 11 is 0. The lowest BCUT2D eigenvalue weighted by Crippen LogP contribution is -2.31. The average Bonchev–Trinajstić information content (AvgIpc) is 3.89. The fraction of sp³-hybridized carbons (Fsp3) is 0.143. The second kappa shape index (κ2) is 17.0. The molecule has 5 nitrogen and oxygen atoms in total. The number of pyridine rings is 1. The van der Waals surface area contributed by atoms with E-state index in [0.29, 0.717) is 0 Å².